The van der Waals surface area contributed by atoms with Crippen molar-refractivity contribution < 1.29 is 4.79 Å². The summed E-state index contributed by atoms with van der Waals surface area (Å²) in [7, 11) is 0. The van der Waals surface area contributed by atoms with Crippen LogP contribution in [0.3, 0.4) is 0 Å². The highest BCUT2D eigenvalue weighted by Gasteiger charge is 2.26. The van der Waals surface area contributed by atoms with Crippen molar-refractivity contribution in [1.29, 1.82) is 0 Å². The molecule has 1 amide bonds. The predicted molar refractivity (Wildman–Crippen MR) is 91.2 cm³/mol. The van der Waals surface area contributed by atoms with Crippen LogP contribution in [0.15, 0.2) is 23.8 Å². The highest BCUT2D eigenvalue weighted by molar-refractivity contribution is 7.13. The van der Waals surface area contributed by atoms with Gasteiger partial charge in [-0.15, -0.1) is 26.6 Å². The van der Waals surface area contributed by atoms with Crippen LogP contribution < -0.4 is 10.2 Å². The Morgan fingerprint density at radius 1 is 1.33 bits per heavy atom. The van der Waals surface area contributed by atoms with Gasteiger partial charge in [-0.05, 0) is 31.9 Å². The standard InChI is InChI=1S/C15H17N7OS/c1-10-8-24-15(17-10)18-14(23)11-4-6-21(7-5-11)13-3-2-12-19-16-9-22(12)20-13/h2-3,8-9,11H,4-7H2,1H3,(H,17,18,23). The van der Waals surface area contributed by atoms with E-state index in [2.05, 4.69) is 30.5 Å². The van der Waals surface area contributed by atoms with E-state index < -0.39 is 0 Å². The topological polar surface area (TPSA) is 88.3 Å². The summed E-state index contributed by atoms with van der Waals surface area (Å²) in [6.45, 7) is 3.52. The van der Waals surface area contributed by atoms with Gasteiger partial charge in [0.15, 0.2) is 10.8 Å². The molecule has 0 spiro atoms. The zero-order chi connectivity index (χ0) is 16.5. The Morgan fingerprint density at radius 3 is 2.92 bits per heavy atom. The SMILES string of the molecule is Cc1csc(NC(=O)C2CCN(c3ccc4nncn4n3)CC2)n1. The number of carbonyl (C=O) groups is 1. The van der Waals surface area contributed by atoms with Gasteiger partial charge < -0.3 is 10.2 Å². The van der Waals surface area contributed by atoms with E-state index in [9.17, 15) is 4.79 Å². The molecule has 3 aromatic heterocycles. The van der Waals surface area contributed by atoms with Gasteiger partial charge in [-0.2, -0.15) is 4.52 Å². The van der Waals surface area contributed by atoms with Gasteiger partial charge in [0.1, 0.15) is 12.1 Å². The lowest BCUT2D eigenvalue weighted by Gasteiger charge is -2.31. The molecule has 0 radical (unpaired) electrons. The summed E-state index contributed by atoms with van der Waals surface area (Å²) >= 11 is 1.46. The lowest BCUT2D eigenvalue weighted by molar-refractivity contribution is -0.120. The maximum atomic E-state index is 12.4. The second-order valence-corrected chi connectivity index (χ2v) is 6.73. The zero-order valence-electron chi connectivity index (χ0n) is 13.2. The molecule has 1 saturated heterocycles. The van der Waals surface area contributed by atoms with Gasteiger partial charge in [0.2, 0.25) is 5.91 Å². The molecule has 4 heterocycles. The van der Waals surface area contributed by atoms with E-state index in [1.54, 1.807) is 10.8 Å². The minimum absolute atomic E-state index is 0.0177. The minimum atomic E-state index is 0.0177. The molecule has 0 unspecified atom stereocenters. The van der Waals surface area contributed by atoms with Gasteiger partial charge in [0.05, 0.1) is 5.69 Å². The number of fused-ring (bicyclic) bond motifs is 1. The molecule has 24 heavy (non-hydrogen) atoms. The molecule has 0 aromatic carbocycles. The molecule has 9 heteroatoms. The van der Waals surface area contributed by atoms with E-state index in [0.717, 1.165) is 43.1 Å². The van der Waals surface area contributed by atoms with E-state index in [1.807, 2.05) is 24.4 Å². The fourth-order valence-corrected chi connectivity index (χ4v) is 3.57. The minimum Gasteiger partial charge on any atom is -0.355 e. The van der Waals surface area contributed by atoms with Crippen LogP contribution in [0.2, 0.25) is 0 Å². The Bertz CT molecular complexity index is 865. The van der Waals surface area contributed by atoms with Crippen molar-refractivity contribution in [3.8, 4) is 0 Å². The van der Waals surface area contributed by atoms with E-state index in [0.29, 0.717) is 5.13 Å². The molecule has 1 fully saturated rings. The van der Waals surface area contributed by atoms with Crippen molar-refractivity contribution in [2.75, 3.05) is 23.3 Å². The highest BCUT2D eigenvalue weighted by atomic mass is 32.1. The summed E-state index contributed by atoms with van der Waals surface area (Å²) in [6.07, 6.45) is 3.20. The van der Waals surface area contributed by atoms with Gasteiger partial charge in [-0.1, -0.05) is 0 Å². The normalized spacial score (nSPS) is 15.8. The third kappa shape index (κ3) is 2.94. The Morgan fingerprint density at radius 2 is 2.17 bits per heavy atom. The monoisotopic (exact) mass is 343 g/mol. The zero-order valence-corrected chi connectivity index (χ0v) is 14.0. The molecular weight excluding hydrogens is 326 g/mol. The maximum absolute atomic E-state index is 12.4. The van der Waals surface area contributed by atoms with Crippen molar-refractivity contribution in [3.63, 3.8) is 0 Å². The summed E-state index contributed by atoms with van der Waals surface area (Å²) in [4.78, 5) is 18.8. The lowest BCUT2D eigenvalue weighted by Crippen LogP contribution is -2.38. The average molecular weight is 343 g/mol. The number of hydrogen-bond acceptors (Lipinski definition) is 7. The number of amides is 1. The number of rotatable bonds is 3. The number of aromatic nitrogens is 5. The lowest BCUT2D eigenvalue weighted by atomic mass is 9.96. The first-order valence-corrected chi connectivity index (χ1v) is 8.72. The van der Waals surface area contributed by atoms with Gasteiger partial charge in [0.25, 0.3) is 0 Å². The van der Waals surface area contributed by atoms with Crippen LogP contribution in [0.1, 0.15) is 18.5 Å². The van der Waals surface area contributed by atoms with Crippen molar-refractivity contribution >= 4 is 33.8 Å². The molecule has 1 aliphatic rings. The molecule has 4 rings (SSSR count). The molecule has 0 saturated carbocycles. The van der Waals surface area contributed by atoms with Crippen LogP contribution in [-0.4, -0.2) is 43.8 Å². The summed E-state index contributed by atoms with van der Waals surface area (Å²) in [5.41, 5.74) is 1.66. The van der Waals surface area contributed by atoms with E-state index >= 15 is 0 Å². The number of nitrogens with zero attached hydrogens (tertiary/aromatic N) is 6. The summed E-state index contributed by atoms with van der Waals surface area (Å²) < 4.78 is 1.67. The fraction of sp³-hybridized carbons (Fsp3) is 0.400. The van der Waals surface area contributed by atoms with Crippen LogP contribution >= 0.6 is 11.3 Å². The van der Waals surface area contributed by atoms with Crippen LogP contribution in [0, 0.1) is 12.8 Å². The first kappa shape index (κ1) is 15.0. The summed E-state index contributed by atoms with van der Waals surface area (Å²) in [6, 6.07) is 3.85. The van der Waals surface area contributed by atoms with Crippen molar-refractivity contribution in [2.24, 2.45) is 5.92 Å². The number of carbonyl (C=O) groups excluding carboxylic acids is 1. The van der Waals surface area contributed by atoms with Crippen LogP contribution in [0.4, 0.5) is 10.9 Å². The van der Waals surface area contributed by atoms with Crippen LogP contribution in [0.5, 0.6) is 0 Å². The van der Waals surface area contributed by atoms with Gasteiger partial charge in [-0.25, -0.2) is 4.98 Å². The van der Waals surface area contributed by atoms with Crippen molar-refractivity contribution in [1.82, 2.24) is 24.8 Å². The second kappa shape index (κ2) is 6.16. The number of piperidine rings is 1. The smallest absolute Gasteiger partial charge is 0.229 e. The molecule has 1 N–H and O–H groups in total. The number of anilines is 2. The first-order chi connectivity index (χ1) is 11.7. The molecule has 0 atom stereocenters. The molecular formula is C15H17N7OS. The molecule has 124 valence electrons. The summed E-state index contributed by atoms with van der Waals surface area (Å²) in [5.74, 6) is 0.965. The van der Waals surface area contributed by atoms with Gasteiger partial charge >= 0.3 is 0 Å². The number of thiazole rings is 1. The third-order valence-corrected chi connectivity index (χ3v) is 5.06. The van der Waals surface area contributed by atoms with Gasteiger partial charge in [0, 0.05) is 24.4 Å². The van der Waals surface area contributed by atoms with Crippen molar-refractivity contribution in [2.45, 2.75) is 19.8 Å². The number of aryl methyl sites for hydroxylation is 1. The Labute approximate surface area is 142 Å². The summed E-state index contributed by atoms with van der Waals surface area (Å²) in [5, 5.41) is 17.8. The second-order valence-electron chi connectivity index (χ2n) is 5.87. The molecule has 8 nitrogen and oxygen atoms in total. The van der Waals surface area contributed by atoms with Crippen LogP contribution in [-0.2, 0) is 4.79 Å². The van der Waals surface area contributed by atoms with Gasteiger partial charge in [-0.3, -0.25) is 4.79 Å². The van der Waals surface area contributed by atoms with Crippen molar-refractivity contribution in [3.05, 3.63) is 29.5 Å². The molecule has 1 aliphatic heterocycles. The van der Waals surface area contributed by atoms with E-state index in [1.165, 1.54) is 11.3 Å². The Balaban J connectivity index is 1.38. The van der Waals surface area contributed by atoms with E-state index in [-0.39, 0.29) is 11.8 Å². The molecule has 0 aliphatic carbocycles. The third-order valence-electron chi connectivity index (χ3n) is 4.19. The van der Waals surface area contributed by atoms with E-state index in [4.69, 9.17) is 0 Å². The predicted octanol–water partition coefficient (Wildman–Crippen LogP) is 1.74. The van der Waals surface area contributed by atoms with Crippen LogP contribution in [0.25, 0.3) is 5.65 Å². The largest absolute Gasteiger partial charge is 0.355 e. The number of hydrogen-bond donors (Lipinski definition) is 1. The first-order valence-electron chi connectivity index (χ1n) is 7.84. The maximum Gasteiger partial charge on any atom is 0.229 e. The number of nitrogens with one attached hydrogen (secondary N) is 1. The fourth-order valence-electron chi connectivity index (χ4n) is 2.88. The average Bonchev–Trinajstić information content (AvgIpc) is 3.23. The Hall–Kier alpha value is -2.55. The molecule has 0 bridgehead atoms. The quantitative estimate of drug-likeness (QED) is 0.779. The highest BCUT2D eigenvalue weighted by Crippen LogP contribution is 2.24. The Kier molecular flexibility index (Phi) is 3.85. The molecule has 3 aromatic rings.